The number of benzene rings is 1. The lowest BCUT2D eigenvalue weighted by Gasteiger charge is -2.09. The molecule has 2 nitrogen and oxygen atoms in total. The largest absolute Gasteiger partial charge is 0.416 e. The van der Waals surface area contributed by atoms with Crippen LogP contribution in [0.1, 0.15) is 18.2 Å². The minimum absolute atomic E-state index is 0.641. The first-order valence-corrected chi connectivity index (χ1v) is 5.63. The van der Waals surface area contributed by atoms with Gasteiger partial charge in [0.25, 0.3) is 0 Å². The van der Waals surface area contributed by atoms with Crippen LogP contribution in [0, 0.1) is 6.92 Å². The van der Waals surface area contributed by atoms with Gasteiger partial charge in [0, 0.05) is 24.0 Å². The number of halogens is 3. The predicted molar refractivity (Wildman–Crippen MR) is 63.1 cm³/mol. The second-order valence-electron chi connectivity index (χ2n) is 4.04. The second-order valence-corrected chi connectivity index (χ2v) is 4.04. The van der Waals surface area contributed by atoms with E-state index in [1.807, 2.05) is 18.4 Å². The van der Waals surface area contributed by atoms with Crippen molar-refractivity contribution in [3.8, 4) is 11.4 Å². The Labute approximate surface area is 103 Å². The zero-order valence-electron chi connectivity index (χ0n) is 10.1. The zero-order valence-corrected chi connectivity index (χ0v) is 10.1. The highest BCUT2D eigenvalue weighted by Gasteiger charge is 2.30. The average Bonchev–Trinajstić information content (AvgIpc) is 2.69. The van der Waals surface area contributed by atoms with Gasteiger partial charge in [-0.25, -0.2) is 4.98 Å². The number of imidazole rings is 1. The molecule has 1 heterocycles. The van der Waals surface area contributed by atoms with E-state index in [1.165, 1.54) is 12.1 Å². The van der Waals surface area contributed by atoms with Gasteiger partial charge in [-0.3, -0.25) is 0 Å². The maximum absolute atomic E-state index is 12.5. The molecule has 18 heavy (non-hydrogen) atoms. The van der Waals surface area contributed by atoms with Gasteiger partial charge in [0.1, 0.15) is 5.82 Å². The Morgan fingerprint density at radius 1 is 1.17 bits per heavy atom. The van der Waals surface area contributed by atoms with E-state index < -0.39 is 11.7 Å². The highest BCUT2D eigenvalue weighted by molar-refractivity contribution is 5.56. The minimum atomic E-state index is -4.30. The fourth-order valence-electron chi connectivity index (χ4n) is 1.90. The zero-order chi connectivity index (χ0) is 13.3. The summed E-state index contributed by atoms with van der Waals surface area (Å²) in [6.45, 7) is 4.63. The fraction of sp³-hybridized carbons (Fsp3) is 0.308. The molecule has 0 aliphatic rings. The van der Waals surface area contributed by atoms with Crippen molar-refractivity contribution in [3.05, 3.63) is 41.7 Å². The number of aromatic nitrogens is 2. The van der Waals surface area contributed by atoms with Crippen LogP contribution < -0.4 is 0 Å². The first kappa shape index (κ1) is 12.7. The lowest BCUT2D eigenvalue weighted by atomic mass is 10.1. The quantitative estimate of drug-likeness (QED) is 0.794. The molecule has 0 saturated heterocycles. The molecule has 0 aliphatic heterocycles. The monoisotopic (exact) mass is 254 g/mol. The Bertz CT molecular complexity index is 538. The third-order valence-corrected chi connectivity index (χ3v) is 2.84. The summed E-state index contributed by atoms with van der Waals surface area (Å²) in [4.78, 5) is 4.23. The van der Waals surface area contributed by atoms with Gasteiger partial charge in [-0.05, 0) is 26.0 Å². The summed E-state index contributed by atoms with van der Waals surface area (Å²) < 4.78 is 39.3. The van der Waals surface area contributed by atoms with Crippen LogP contribution in [0.25, 0.3) is 11.4 Å². The van der Waals surface area contributed by atoms with Crippen molar-refractivity contribution in [1.82, 2.24) is 9.55 Å². The number of hydrogen-bond acceptors (Lipinski definition) is 1. The number of alkyl halides is 3. The van der Waals surface area contributed by atoms with Gasteiger partial charge in [-0.15, -0.1) is 0 Å². The molecular weight excluding hydrogens is 241 g/mol. The van der Waals surface area contributed by atoms with Crippen LogP contribution in [0.15, 0.2) is 30.5 Å². The van der Waals surface area contributed by atoms with Gasteiger partial charge in [-0.1, -0.05) is 12.1 Å². The van der Waals surface area contributed by atoms with Crippen LogP contribution in [-0.4, -0.2) is 9.55 Å². The molecule has 0 spiro atoms. The van der Waals surface area contributed by atoms with E-state index in [2.05, 4.69) is 4.98 Å². The molecule has 0 bridgehead atoms. The highest BCUT2D eigenvalue weighted by atomic mass is 19.4. The Hall–Kier alpha value is -1.78. The predicted octanol–water partition coefficient (Wildman–Crippen LogP) is 3.90. The lowest BCUT2D eigenvalue weighted by molar-refractivity contribution is -0.137. The molecule has 0 N–H and O–H groups in total. The summed E-state index contributed by atoms with van der Waals surface area (Å²) in [5, 5.41) is 0. The first-order valence-electron chi connectivity index (χ1n) is 5.63. The Morgan fingerprint density at radius 3 is 2.28 bits per heavy atom. The van der Waals surface area contributed by atoms with E-state index >= 15 is 0 Å². The first-order chi connectivity index (χ1) is 8.43. The summed E-state index contributed by atoms with van der Waals surface area (Å²) in [6, 6.07) is 5.08. The molecule has 1 aromatic carbocycles. The summed E-state index contributed by atoms with van der Waals surface area (Å²) in [7, 11) is 0. The van der Waals surface area contributed by atoms with E-state index in [0.717, 1.165) is 24.4 Å². The van der Waals surface area contributed by atoms with Crippen molar-refractivity contribution >= 4 is 0 Å². The Kier molecular flexibility index (Phi) is 3.15. The van der Waals surface area contributed by atoms with Crippen LogP contribution in [0.2, 0.25) is 0 Å². The smallest absolute Gasteiger partial charge is 0.329 e. The fourth-order valence-corrected chi connectivity index (χ4v) is 1.90. The number of aryl methyl sites for hydroxylation is 1. The maximum atomic E-state index is 12.5. The molecule has 0 atom stereocenters. The molecule has 2 rings (SSSR count). The second kappa shape index (κ2) is 4.48. The summed E-state index contributed by atoms with van der Waals surface area (Å²) in [5.74, 6) is 0.698. The van der Waals surface area contributed by atoms with E-state index in [0.29, 0.717) is 11.4 Å². The van der Waals surface area contributed by atoms with Gasteiger partial charge in [-0.2, -0.15) is 13.2 Å². The normalized spacial score (nSPS) is 11.8. The molecule has 0 unspecified atom stereocenters. The topological polar surface area (TPSA) is 17.8 Å². The summed E-state index contributed by atoms with van der Waals surface area (Å²) >= 11 is 0. The van der Waals surface area contributed by atoms with Gasteiger partial charge in [0.15, 0.2) is 0 Å². The van der Waals surface area contributed by atoms with Gasteiger partial charge in [0.05, 0.1) is 5.56 Å². The SMILES string of the molecule is CCn1c(C)cnc1-c1ccc(C(F)(F)F)cc1. The molecule has 1 aromatic heterocycles. The van der Waals surface area contributed by atoms with Gasteiger partial charge in [0.2, 0.25) is 0 Å². The molecule has 0 amide bonds. The highest BCUT2D eigenvalue weighted by Crippen LogP contribution is 2.30. The summed E-state index contributed by atoms with van der Waals surface area (Å²) in [5.41, 5.74) is 1.04. The minimum Gasteiger partial charge on any atom is -0.329 e. The number of hydrogen-bond donors (Lipinski definition) is 0. The molecule has 96 valence electrons. The number of nitrogens with zero attached hydrogens (tertiary/aromatic N) is 2. The van der Waals surface area contributed by atoms with E-state index in [-0.39, 0.29) is 0 Å². The van der Waals surface area contributed by atoms with Crippen LogP contribution in [0.5, 0.6) is 0 Å². The molecule has 0 fully saturated rings. The van der Waals surface area contributed by atoms with Gasteiger partial charge >= 0.3 is 6.18 Å². The van der Waals surface area contributed by atoms with E-state index in [1.54, 1.807) is 6.20 Å². The third kappa shape index (κ3) is 2.25. The van der Waals surface area contributed by atoms with Crippen molar-refractivity contribution in [2.75, 3.05) is 0 Å². The summed E-state index contributed by atoms with van der Waals surface area (Å²) in [6.07, 6.45) is -2.58. The molecular formula is C13H13F3N2. The molecule has 2 aromatic rings. The Morgan fingerprint density at radius 2 is 1.78 bits per heavy atom. The lowest BCUT2D eigenvalue weighted by Crippen LogP contribution is -2.05. The average molecular weight is 254 g/mol. The molecule has 5 heteroatoms. The van der Waals surface area contributed by atoms with Crippen molar-refractivity contribution in [2.24, 2.45) is 0 Å². The molecule has 0 saturated carbocycles. The third-order valence-electron chi connectivity index (χ3n) is 2.84. The maximum Gasteiger partial charge on any atom is 0.416 e. The number of rotatable bonds is 2. The van der Waals surface area contributed by atoms with Crippen molar-refractivity contribution < 1.29 is 13.2 Å². The van der Waals surface area contributed by atoms with Crippen molar-refractivity contribution in [2.45, 2.75) is 26.6 Å². The van der Waals surface area contributed by atoms with Crippen LogP contribution in [0.4, 0.5) is 13.2 Å². The molecule has 0 radical (unpaired) electrons. The van der Waals surface area contributed by atoms with Crippen molar-refractivity contribution in [1.29, 1.82) is 0 Å². The Balaban J connectivity index is 2.40. The molecule has 0 aliphatic carbocycles. The standard InChI is InChI=1S/C13H13F3N2/c1-3-18-9(2)8-17-12(18)10-4-6-11(7-5-10)13(14,15)16/h4-8H,3H2,1-2H3. The van der Waals surface area contributed by atoms with Crippen molar-refractivity contribution in [3.63, 3.8) is 0 Å². The van der Waals surface area contributed by atoms with E-state index in [9.17, 15) is 13.2 Å². The van der Waals surface area contributed by atoms with Gasteiger partial charge < -0.3 is 4.57 Å². The van der Waals surface area contributed by atoms with Crippen LogP contribution in [0.3, 0.4) is 0 Å². The van der Waals surface area contributed by atoms with Crippen LogP contribution in [-0.2, 0) is 12.7 Å². The van der Waals surface area contributed by atoms with E-state index in [4.69, 9.17) is 0 Å². The van der Waals surface area contributed by atoms with Crippen LogP contribution >= 0.6 is 0 Å².